The molecule has 162 valence electrons. The van der Waals surface area contributed by atoms with Crippen molar-refractivity contribution in [1.29, 1.82) is 0 Å². The van der Waals surface area contributed by atoms with Crippen LogP contribution in [0.4, 0.5) is 11.4 Å². The maximum atomic E-state index is 5.84. The molecule has 3 heterocycles. The van der Waals surface area contributed by atoms with Crippen molar-refractivity contribution in [1.82, 2.24) is 10.3 Å². The number of hydrogen-bond acceptors (Lipinski definition) is 3. The zero-order valence-electron chi connectivity index (χ0n) is 18.9. The molecule has 1 saturated heterocycles. The first-order valence-corrected chi connectivity index (χ1v) is 11.4. The predicted molar refractivity (Wildman–Crippen MR) is 137 cm³/mol. The number of nitrogens with zero attached hydrogens (tertiary/aromatic N) is 3. The van der Waals surface area contributed by atoms with Crippen LogP contribution in [0.15, 0.2) is 79.0 Å². The van der Waals surface area contributed by atoms with Crippen molar-refractivity contribution >= 4 is 34.3 Å². The van der Waals surface area contributed by atoms with Crippen molar-refractivity contribution in [2.24, 2.45) is 0 Å². The zero-order valence-corrected chi connectivity index (χ0v) is 19.7. The predicted octanol–water partition coefficient (Wildman–Crippen LogP) is 5.89. The molecule has 32 heavy (non-hydrogen) atoms. The molecule has 0 radical (unpaired) electrons. The fourth-order valence-corrected chi connectivity index (χ4v) is 5.27. The Morgan fingerprint density at radius 1 is 1.00 bits per heavy atom. The van der Waals surface area contributed by atoms with Gasteiger partial charge in [0.25, 0.3) is 0 Å². The van der Waals surface area contributed by atoms with E-state index in [1.807, 2.05) is 24.4 Å². The molecule has 0 aliphatic carbocycles. The number of aromatic nitrogens is 1. The molecule has 1 N–H and O–H groups in total. The third kappa shape index (κ3) is 3.37. The van der Waals surface area contributed by atoms with Crippen LogP contribution in [-0.2, 0) is 0 Å². The molecule has 2 aliphatic rings. The molecule has 0 bridgehead atoms. The highest BCUT2D eigenvalue weighted by atomic mass is 32.1. The summed E-state index contributed by atoms with van der Waals surface area (Å²) in [5, 5.41) is 4.27. The summed E-state index contributed by atoms with van der Waals surface area (Å²) < 4.78 is 0. The summed E-state index contributed by atoms with van der Waals surface area (Å²) in [6, 6.07) is 23.2. The summed E-state index contributed by atoms with van der Waals surface area (Å²) in [5.74, 6) is 0. The van der Waals surface area contributed by atoms with E-state index in [0.29, 0.717) is 0 Å². The van der Waals surface area contributed by atoms with E-state index in [1.165, 1.54) is 22.4 Å². The number of benzene rings is 2. The lowest BCUT2D eigenvalue weighted by Gasteiger charge is -2.41. The quantitative estimate of drug-likeness (QED) is 0.513. The van der Waals surface area contributed by atoms with Crippen molar-refractivity contribution in [2.75, 3.05) is 16.8 Å². The fraction of sp³-hybridized carbons (Fsp3) is 0.259. The number of nitrogens with one attached hydrogen (secondary N) is 1. The van der Waals surface area contributed by atoms with Gasteiger partial charge in [-0.2, -0.15) is 0 Å². The summed E-state index contributed by atoms with van der Waals surface area (Å²) in [6.07, 6.45) is 4.20. The van der Waals surface area contributed by atoms with Gasteiger partial charge in [-0.15, -0.1) is 0 Å². The second-order valence-corrected chi connectivity index (χ2v) is 9.54. The Bertz CT molecular complexity index is 1190. The van der Waals surface area contributed by atoms with Crippen LogP contribution in [0.2, 0.25) is 0 Å². The standard InChI is InChI=1S/C27H28N4S/c1-18-17-27(2,3)30(4)23-14-13-19(16-21(18)23)25-24(22-12-8-9-15-28-22)29-26(32)31(25)20-10-6-5-7-11-20/h5-17,24-25H,1-4H3,(H,29,32)/t24-,25-/m0/s1. The van der Waals surface area contributed by atoms with Gasteiger partial charge in [0.15, 0.2) is 5.11 Å². The Hall–Kier alpha value is -3.18. The monoisotopic (exact) mass is 440 g/mol. The van der Waals surface area contributed by atoms with Crippen LogP contribution in [-0.4, -0.2) is 22.7 Å². The largest absolute Gasteiger partial charge is 0.366 e. The average Bonchev–Trinajstić information content (AvgIpc) is 3.15. The van der Waals surface area contributed by atoms with Crippen molar-refractivity contribution in [3.8, 4) is 0 Å². The van der Waals surface area contributed by atoms with Crippen LogP contribution in [0.25, 0.3) is 5.57 Å². The van der Waals surface area contributed by atoms with Gasteiger partial charge in [0.1, 0.15) is 0 Å². The number of thiocarbonyl (C=S) groups is 1. The lowest BCUT2D eigenvalue weighted by molar-refractivity contribution is 0.566. The van der Waals surface area contributed by atoms with Gasteiger partial charge >= 0.3 is 0 Å². The maximum absolute atomic E-state index is 5.84. The molecular weight excluding hydrogens is 412 g/mol. The van der Waals surface area contributed by atoms with Gasteiger partial charge < -0.3 is 15.1 Å². The highest BCUT2D eigenvalue weighted by molar-refractivity contribution is 7.80. The van der Waals surface area contributed by atoms with E-state index in [9.17, 15) is 0 Å². The number of para-hydroxylation sites is 1. The molecule has 0 spiro atoms. The summed E-state index contributed by atoms with van der Waals surface area (Å²) in [7, 11) is 2.17. The van der Waals surface area contributed by atoms with E-state index in [4.69, 9.17) is 12.2 Å². The molecular formula is C27H28N4S. The van der Waals surface area contributed by atoms with E-state index in [-0.39, 0.29) is 17.6 Å². The lowest BCUT2D eigenvalue weighted by Crippen LogP contribution is -2.42. The Balaban J connectivity index is 1.66. The summed E-state index contributed by atoms with van der Waals surface area (Å²) in [4.78, 5) is 9.24. The molecule has 5 rings (SSSR count). The minimum Gasteiger partial charge on any atom is -0.366 e. The van der Waals surface area contributed by atoms with Gasteiger partial charge in [-0.3, -0.25) is 4.98 Å². The Morgan fingerprint density at radius 3 is 2.47 bits per heavy atom. The summed E-state index contributed by atoms with van der Waals surface area (Å²) in [5.41, 5.74) is 7.11. The second-order valence-electron chi connectivity index (χ2n) is 9.15. The van der Waals surface area contributed by atoms with Gasteiger partial charge in [0, 0.05) is 30.2 Å². The summed E-state index contributed by atoms with van der Waals surface area (Å²) in [6.45, 7) is 6.71. The Morgan fingerprint density at radius 2 is 1.75 bits per heavy atom. The first-order chi connectivity index (χ1) is 15.4. The van der Waals surface area contributed by atoms with E-state index in [0.717, 1.165) is 16.5 Å². The number of rotatable bonds is 3. The molecule has 4 nitrogen and oxygen atoms in total. The van der Waals surface area contributed by atoms with Gasteiger partial charge in [-0.05, 0) is 80.5 Å². The van der Waals surface area contributed by atoms with Crippen LogP contribution in [0.5, 0.6) is 0 Å². The molecule has 2 aromatic carbocycles. The molecule has 1 aromatic heterocycles. The molecule has 1 fully saturated rings. The van der Waals surface area contributed by atoms with Crippen molar-refractivity contribution in [3.05, 3.63) is 95.8 Å². The van der Waals surface area contributed by atoms with E-state index >= 15 is 0 Å². The molecule has 3 aromatic rings. The number of likely N-dealkylation sites (N-methyl/N-ethyl adjacent to an activating group) is 1. The van der Waals surface area contributed by atoms with Gasteiger partial charge in [0.2, 0.25) is 0 Å². The average molecular weight is 441 g/mol. The lowest BCUT2D eigenvalue weighted by atomic mass is 9.86. The molecule has 0 saturated carbocycles. The smallest absolute Gasteiger partial charge is 0.174 e. The zero-order chi connectivity index (χ0) is 22.5. The topological polar surface area (TPSA) is 31.4 Å². The van der Waals surface area contributed by atoms with Crippen LogP contribution < -0.4 is 15.1 Å². The first kappa shape index (κ1) is 20.7. The van der Waals surface area contributed by atoms with E-state index < -0.39 is 0 Å². The SMILES string of the molecule is CC1=CC(C)(C)N(C)c2ccc([C@H]3[C@H](c4ccccn4)NC(=S)N3c3ccccc3)cc21. The highest BCUT2D eigenvalue weighted by Gasteiger charge is 2.41. The Labute approximate surface area is 195 Å². The molecule has 0 amide bonds. The van der Waals surface area contributed by atoms with Crippen LogP contribution in [0.3, 0.4) is 0 Å². The van der Waals surface area contributed by atoms with Crippen molar-refractivity contribution in [3.63, 3.8) is 0 Å². The number of pyridine rings is 1. The number of hydrogen-bond donors (Lipinski definition) is 1. The third-order valence-electron chi connectivity index (χ3n) is 6.71. The number of anilines is 2. The second kappa shape index (κ2) is 7.75. The van der Waals surface area contributed by atoms with Crippen molar-refractivity contribution < 1.29 is 0 Å². The van der Waals surface area contributed by atoms with Gasteiger partial charge in [-0.1, -0.05) is 36.4 Å². The molecule has 0 unspecified atom stereocenters. The van der Waals surface area contributed by atoms with Crippen LogP contribution in [0.1, 0.15) is 49.7 Å². The summed E-state index contributed by atoms with van der Waals surface area (Å²) >= 11 is 5.84. The van der Waals surface area contributed by atoms with Gasteiger partial charge in [0.05, 0.1) is 23.3 Å². The fourth-order valence-electron chi connectivity index (χ4n) is 4.92. The van der Waals surface area contributed by atoms with E-state index in [2.05, 4.69) is 103 Å². The molecule has 2 aliphatic heterocycles. The minimum atomic E-state index is -0.0380. The first-order valence-electron chi connectivity index (χ1n) is 11.0. The maximum Gasteiger partial charge on any atom is 0.174 e. The van der Waals surface area contributed by atoms with E-state index in [1.54, 1.807) is 0 Å². The Kier molecular flexibility index (Phi) is 5.01. The molecule has 5 heteroatoms. The minimum absolute atomic E-state index is 0.00172. The van der Waals surface area contributed by atoms with Gasteiger partial charge in [-0.25, -0.2) is 0 Å². The molecule has 2 atom stereocenters. The third-order valence-corrected chi connectivity index (χ3v) is 7.03. The van der Waals surface area contributed by atoms with Crippen molar-refractivity contribution in [2.45, 2.75) is 38.4 Å². The number of fused-ring (bicyclic) bond motifs is 1. The van der Waals surface area contributed by atoms with Crippen LogP contribution in [0, 0.1) is 0 Å². The highest BCUT2D eigenvalue weighted by Crippen LogP contribution is 2.44. The normalized spacial score (nSPS) is 21.8. The number of allylic oxidation sites excluding steroid dienone is 1. The van der Waals surface area contributed by atoms with Crippen LogP contribution >= 0.6 is 12.2 Å².